The number of amides is 1. The van der Waals surface area contributed by atoms with Gasteiger partial charge in [0.2, 0.25) is 3.79 Å². The number of halogens is 3. The second-order valence-corrected chi connectivity index (χ2v) is 19.8. The largest absolute Gasteiger partial charge is 0.462 e. The second kappa shape index (κ2) is 20.3. The smallest absolute Gasteiger partial charge is 0.409 e. The molecular formula is C43H64Cl3NO12. The van der Waals surface area contributed by atoms with E-state index in [4.69, 9.17) is 77.4 Å². The summed E-state index contributed by atoms with van der Waals surface area (Å²) < 4.78 is 53.0. The second-order valence-electron chi connectivity index (χ2n) is 17.3. The van der Waals surface area contributed by atoms with Crippen molar-refractivity contribution in [3.63, 3.8) is 0 Å². The highest BCUT2D eigenvalue weighted by Gasteiger charge is 2.53. The van der Waals surface area contributed by atoms with Gasteiger partial charge >= 0.3 is 12.1 Å². The molecule has 0 aromatic carbocycles. The Labute approximate surface area is 364 Å². The SMILES string of the molecule is CC[C@H]1CCC[C@H](OC2CC[C@H](N(C)C(=O)OCC(Cl)(Cl)Cl)[C@H](C)O2)[C@@H](C)C(=O)C2=C[C@@H]3[C@@H](C=C[C@@H]4C[C@@H](O[C@@H]5O[C@@H](C)[C@H](OC)[C@@H](OC)[C@H]5OC)C[C@@H]34)[C@@H]2CC(=O)O1. The summed E-state index contributed by atoms with van der Waals surface area (Å²) in [5.41, 5.74) is 0.687. The lowest BCUT2D eigenvalue weighted by Crippen LogP contribution is -2.59. The van der Waals surface area contributed by atoms with Crippen LogP contribution in [0.15, 0.2) is 23.8 Å². The first-order valence-electron chi connectivity index (χ1n) is 21.4. The van der Waals surface area contributed by atoms with Gasteiger partial charge in [0.05, 0.1) is 36.9 Å². The molecule has 0 spiro atoms. The molecule has 3 heterocycles. The van der Waals surface area contributed by atoms with Crippen LogP contribution >= 0.6 is 34.8 Å². The maximum absolute atomic E-state index is 14.8. The fraction of sp³-hybridized carbons (Fsp3) is 0.837. The predicted molar refractivity (Wildman–Crippen MR) is 220 cm³/mol. The summed E-state index contributed by atoms with van der Waals surface area (Å²) in [6.07, 6.45) is 7.77. The predicted octanol–water partition coefficient (Wildman–Crippen LogP) is 7.36. The molecule has 334 valence electrons. The molecule has 16 heteroatoms. The van der Waals surface area contributed by atoms with E-state index in [-0.39, 0.29) is 97.0 Å². The van der Waals surface area contributed by atoms with E-state index in [0.717, 1.165) is 12.8 Å². The molecule has 17 atom stereocenters. The van der Waals surface area contributed by atoms with Crippen LogP contribution in [0.3, 0.4) is 0 Å². The van der Waals surface area contributed by atoms with Crippen LogP contribution in [-0.2, 0) is 52.2 Å². The van der Waals surface area contributed by atoms with Crippen LogP contribution in [0.5, 0.6) is 0 Å². The number of carbonyl (C=O) groups is 3. The summed E-state index contributed by atoms with van der Waals surface area (Å²) in [6.45, 7) is 7.43. The summed E-state index contributed by atoms with van der Waals surface area (Å²) in [6, 6.07) is -0.288. The quantitative estimate of drug-likeness (QED) is 0.123. The Bertz CT molecular complexity index is 1530. The Balaban J connectivity index is 1.16. The molecule has 0 N–H and O–H groups in total. The molecule has 0 radical (unpaired) electrons. The maximum atomic E-state index is 14.8. The fourth-order valence-electron chi connectivity index (χ4n) is 10.6. The van der Waals surface area contributed by atoms with Crippen LogP contribution in [0.2, 0.25) is 0 Å². The van der Waals surface area contributed by atoms with E-state index in [9.17, 15) is 14.4 Å². The molecule has 13 nitrogen and oxygen atoms in total. The van der Waals surface area contributed by atoms with Gasteiger partial charge in [0.1, 0.15) is 31.0 Å². The van der Waals surface area contributed by atoms with E-state index in [1.807, 2.05) is 27.7 Å². The zero-order valence-corrected chi connectivity index (χ0v) is 37.9. The number of fused-ring (bicyclic) bond motifs is 5. The molecule has 0 aromatic rings. The lowest BCUT2D eigenvalue weighted by Gasteiger charge is -2.44. The zero-order valence-electron chi connectivity index (χ0n) is 35.6. The van der Waals surface area contributed by atoms with E-state index in [0.29, 0.717) is 44.1 Å². The molecule has 1 amide bonds. The van der Waals surface area contributed by atoms with Gasteiger partial charge in [-0.3, -0.25) is 9.59 Å². The number of allylic oxidation sites excluding steroid dienone is 4. The van der Waals surface area contributed by atoms with E-state index in [1.165, 1.54) is 4.90 Å². The first-order valence-corrected chi connectivity index (χ1v) is 22.5. The monoisotopic (exact) mass is 891 g/mol. The van der Waals surface area contributed by atoms with E-state index in [1.54, 1.807) is 28.4 Å². The van der Waals surface area contributed by atoms with E-state index in [2.05, 4.69) is 18.2 Å². The summed E-state index contributed by atoms with van der Waals surface area (Å²) >= 11 is 17.3. The number of Topliss-reactive ketones (excluding diaryl/α,β-unsaturated/α-hetero) is 1. The van der Waals surface area contributed by atoms with Crippen molar-refractivity contribution in [3.05, 3.63) is 23.8 Å². The van der Waals surface area contributed by atoms with Crippen molar-refractivity contribution < 1.29 is 57.0 Å². The third kappa shape index (κ3) is 10.8. The number of ketones is 1. The van der Waals surface area contributed by atoms with E-state index >= 15 is 0 Å². The highest BCUT2D eigenvalue weighted by atomic mass is 35.6. The molecule has 3 aliphatic carbocycles. The lowest BCUT2D eigenvalue weighted by molar-refractivity contribution is -0.314. The van der Waals surface area contributed by atoms with Crippen molar-refractivity contribution in [1.29, 1.82) is 0 Å². The Hall–Kier alpha value is -1.52. The summed E-state index contributed by atoms with van der Waals surface area (Å²) in [7, 11) is 6.55. The highest BCUT2D eigenvalue weighted by Crippen LogP contribution is 2.54. The minimum atomic E-state index is -1.71. The maximum Gasteiger partial charge on any atom is 0.409 e. The summed E-state index contributed by atoms with van der Waals surface area (Å²) in [5.74, 6) is -0.568. The van der Waals surface area contributed by atoms with Crippen LogP contribution in [0, 0.1) is 35.5 Å². The number of likely N-dealkylation sites (N-methyl/N-ethyl adjacent to an activating group) is 1. The third-order valence-corrected chi connectivity index (χ3v) is 14.1. The van der Waals surface area contributed by atoms with Crippen LogP contribution in [0.4, 0.5) is 4.79 Å². The molecule has 1 saturated carbocycles. The Morgan fingerprint density at radius 2 is 1.61 bits per heavy atom. The molecule has 3 saturated heterocycles. The van der Waals surface area contributed by atoms with Gasteiger partial charge in [-0.2, -0.15) is 0 Å². The molecule has 4 fully saturated rings. The molecule has 0 aromatic heterocycles. The van der Waals surface area contributed by atoms with Crippen LogP contribution in [0.1, 0.15) is 85.5 Å². The van der Waals surface area contributed by atoms with Crippen molar-refractivity contribution in [2.45, 2.75) is 157 Å². The van der Waals surface area contributed by atoms with Crippen LogP contribution < -0.4 is 0 Å². The van der Waals surface area contributed by atoms with Crippen LogP contribution in [-0.4, -0.2) is 129 Å². The van der Waals surface area contributed by atoms with Crippen molar-refractivity contribution in [3.8, 4) is 0 Å². The normalized spacial score (nSPS) is 41.7. The number of nitrogens with zero attached hydrogens (tertiary/aromatic N) is 1. The Morgan fingerprint density at radius 3 is 2.27 bits per heavy atom. The first kappa shape index (κ1) is 47.0. The van der Waals surface area contributed by atoms with Crippen molar-refractivity contribution >= 4 is 52.6 Å². The first-order chi connectivity index (χ1) is 28.1. The van der Waals surface area contributed by atoms with Crippen molar-refractivity contribution in [1.82, 2.24) is 4.90 Å². The number of ether oxygens (including phenoxy) is 9. The highest BCUT2D eigenvalue weighted by molar-refractivity contribution is 6.67. The average molecular weight is 893 g/mol. The number of esters is 1. The van der Waals surface area contributed by atoms with E-state index < -0.39 is 40.6 Å². The summed E-state index contributed by atoms with van der Waals surface area (Å²) in [5, 5.41) is 0. The fourth-order valence-corrected chi connectivity index (χ4v) is 10.8. The zero-order chi connectivity index (χ0) is 42.8. The lowest BCUT2D eigenvalue weighted by atomic mass is 9.70. The number of hydrogen-bond donors (Lipinski definition) is 0. The van der Waals surface area contributed by atoms with Gasteiger partial charge < -0.3 is 47.5 Å². The topological polar surface area (TPSA) is 138 Å². The third-order valence-electron chi connectivity index (χ3n) is 13.7. The van der Waals surface area contributed by atoms with Gasteiger partial charge in [-0.05, 0) is 88.0 Å². The van der Waals surface area contributed by atoms with Crippen LogP contribution in [0.25, 0.3) is 0 Å². The molecule has 3 aliphatic heterocycles. The Morgan fingerprint density at radius 1 is 0.881 bits per heavy atom. The molecular weight excluding hydrogens is 829 g/mol. The molecule has 0 bridgehead atoms. The number of alkyl halides is 3. The van der Waals surface area contributed by atoms with Crippen molar-refractivity contribution in [2.24, 2.45) is 35.5 Å². The number of hydrogen-bond acceptors (Lipinski definition) is 12. The number of cyclic esters (lactones) is 1. The molecule has 6 rings (SSSR count). The number of rotatable bonds is 10. The van der Waals surface area contributed by atoms with Gasteiger partial charge in [0.25, 0.3) is 0 Å². The molecule has 59 heavy (non-hydrogen) atoms. The number of methoxy groups -OCH3 is 3. The summed E-state index contributed by atoms with van der Waals surface area (Å²) in [4.78, 5) is 42.5. The van der Waals surface area contributed by atoms with Crippen molar-refractivity contribution in [2.75, 3.05) is 35.0 Å². The van der Waals surface area contributed by atoms with Gasteiger partial charge in [-0.1, -0.05) is 66.9 Å². The van der Waals surface area contributed by atoms with Gasteiger partial charge in [0, 0.05) is 46.6 Å². The van der Waals surface area contributed by atoms with Gasteiger partial charge in [0.15, 0.2) is 18.4 Å². The van der Waals surface area contributed by atoms with Gasteiger partial charge in [-0.25, -0.2) is 4.79 Å². The molecule has 6 aliphatic rings. The Kier molecular flexibility index (Phi) is 16.2. The molecule has 1 unspecified atom stereocenters. The average Bonchev–Trinajstić information content (AvgIpc) is 3.78. The minimum Gasteiger partial charge on any atom is -0.462 e. The minimum absolute atomic E-state index is 0.00504. The standard InChI is InChI=1S/C43H64Cl3NO12/c1-9-26-11-10-12-34(59-36-16-15-33(23(3)55-36)47(5)42(50)54-21-43(44,45)46)22(2)37(49)32-19-30-28(31(32)20-35(48)57-26)14-13-25-17-27(18-29(25)30)58-41-40(53-8)39(52-7)38(51-6)24(4)56-41/h13-14,19,22-31,33-34,36,38-41H,9-12,15-18,20-21H2,1-8H3/t22-,23+,24+,25-,26+,27-,28-,29-,30-,31+,33+,34+,36?,38+,39-,40-,41+/m1/s1. The number of carbonyl (C=O) groups excluding carboxylic acids is 3. The van der Waals surface area contributed by atoms with Gasteiger partial charge in [-0.15, -0.1) is 0 Å².